The number of benzene rings is 2. The molecule has 18 heavy (non-hydrogen) atoms. The highest BCUT2D eigenvalue weighted by Crippen LogP contribution is 2.22. The molecule has 0 aliphatic rings. The molecule has 0 saturated heterocycles. The summed E-state index contributed by atoms with van der Waals surface area (Å²) in [5.41, 5.74) is 6.57. The molecule has 1 atom stereocenters. The summed E-state index contributed by atoms with van der Waals surface area (Å²) in [4.78, 5) is -0.125. The van der Waals surface area contributed by atoms with Gasteiger partial charge in [0.15, 0.2) is 0 Å². The Labute approximate surface area is 121 Å². The SMILES string of the molecule is ClN(Cc1ccccc1)[N]C(Br)c1ccccc1. The summed E-state index contributed by atoms with van der Waals surface area (Å²) in [5, 5.41) is 0. The monoisotopic (exact) mass is 323 g/mol. The minimum atomic E-state index is -0.125. The summed E-state index contributed by atoms with van der Waals surface area (Å²) in [7, 11) is 0. The fourth-order valence-corrected chi connectivity index (χ4v) is 2.42. The van der Waals surface area contributed by atoms with Crippen LogP contribution in [0.1, 0.15) is 16.1 Å². The Morgan fingerprint density at radius 3 is 2.17 bits per heavy atom. The molecule has 93 valence electrons. The van der Waals surface area contributed by atoms with E-state index in [9.17, 15) is 0 Å². The molecule has 1 radical (unpaired) electrons. The number of alkyl halides is 1. The van der Waals surface area contributed by atoms with Gasteiger partial charge in [-0.3, -0.25) is 0 Å². The maximum atomic E-state index is 6.10. The fourth-order valence-electron chi connectivity index (χ4n) is 1.56. The topological polar surface area (TPSA) is 17.3 Å². The van der Waals surface area contributed by atoms with Gasteiger partial charge >= 0.3 is 0 Å². The van der Waals surface area contributed by atoms with Gasteiger partial charge < -0.3 is 0 Å². The van der Waals surface area contributed by atoms with Gasteiger partial charge in [-0.15, -0.1) is 9.95 Å². The van der Waals surface area contributed by atoms with E-state index in [1.807, 2.05) is 60.7 Å². The molecule has 0 aliphatic carbocycles. The lowest BCUT2D eigenvalue weighted by molar-refractivity contribution is 0.313. The fraction of sp³-hybridized carbons (Fsp3) is 0.143. The lowest BCUT2D eigenvalue weighted by atomic mass is 10.2. The van der Waals surface area contributed by atoms with E-state index >= 15 is 0 Å². The van der Waals surface area contributed by atoms with Crippen LogP contribution in [-0.2, 0) is 6.54 Å². The molecule has 1 unspecified atom stereocenters. The van der Waals surface area contributed by atoms with Crippen LogP contribution in [0.4, 0.5) is 0 Å². The van der Waals surface area contributed by atoms with E-state index in [-0.39, 0.29) is 4.95 Å². The molecule has 0 amide bonds. The summed E-state index contributed by atoms with van der Waals surface area (Å²) < 4.78 is 1.43. The molecule has 2 nitrogen and oxygen atoms in total. The summed E-state index contributed by atoms with van der Waals surface area (Å²) >= 11 is 9.60. The van der Waals surface area contributed by atoms with Gasteiger partial charge in [0.2, 0.25) is 0 Å². The molecular formula is C14H13BrClN2. The summed E-state index contributed by atoms with van der Waals surface area (Å²) in [6, 6.07) is 20.0. The number of rotatable bonds is 5. The molecule has 0 saturated carbocycles. The van der Waals surface area contributed by atoms with Crippen molar-refractivity contribution >= 4 is 27.7 Å². The number of hydrogen-bond acceptors (Lipinski definition) is 1. The minimum absolute atomic E-state index is 0.125. The van der Waals surface area contributed by atoms with Crippen molar-refractivity contribution in [2.75, 3.05) is 0 Å². The molecule has 4 heteroatoms. The van der Waals surface area contributed by atoms with Crippen molar-refractivity contribution in [1.29, 1.82) is 0 Å². The van der Waals surface area contributed by atoms with Crippen LogP contribution in [0, 0.1) is 0 Å². The Bertz CT molecular complexity index is 464. The molecule has 0 N–H and O–H groups in total. The van der Waals surface area contributed by atoms with Gasteiger partial charge in [-0.1, -0.05) is 76.6 Å². The van der Waals surface area contributed by atoms with Gasteiger partial charge in [-0.25, -0.2) is 0 Å². The highest BCUT2D eigenvalue weighted by atomic mass is 79.9. The van der Waals surface area contributed by atoms with E-state index in [0.717, 1.165) is 11.1 Å². The van der Waals surface area contributed by atoms with Crippen molar-refractivity contribution in [2.45, 2.75) is 11.5 Å². The van der Waals surface area contributed by atoms with E-state index < -0.39 is 0 Å². The normalized spacial score (nSPS) is 12.6. The average molecular weight is 325 g/mol. The highest BCUT2D eigenvalue weighted by molar-refractivity contribution is 9.09. The van der Waals surface area contributed by atoms with Crippen molar-refractivity contribution in [1.82, 2.24) is 9.95 Å². The van der Waals surface area contributed by atoms with Gasteiger partial charge in [-0.05, 0) is 22.9 Å². The molecule has 2 aromatic carbocycles. The lowest BCUT2D eigenvalue weighted by Crippen LogP contribution is -2.23. The van der Waals surface area contributed by atoms with Gasteiger partial charge in [-0.2, -0.15) is 0 Å². The maximum Gasteiger partial charge on any atom is 0.123 e. The highest BCUT2D eigenvalue weighted by Gasteiger charge is 2.12. The molecule has 0 aromatic heterocycles. The Hall–Kier alpha value is -0.870. The zero-order valence-electron chi connectivity index (χ0n) is 9.71. The van der Waals surface area contributed by atoms with Gasteiger partial charge in [0.05, 0.1) is 6.54 Å². The standard InChI is InChI=1S/C14H13BrClN2/c15-14(13-9-5-2-6-10-13)17-18(16)11-12-7-3-1-4-8-12/h1-10,14H,11H2. The average Bonchev–Trinajstić information content (AvgIpc) is 2.40. The second kappa shape index (κ2) is 6.90. The Balaban J connectivity index is 1.90. The third kappa shape index (κ3) is 4.10. The van der Waals surface area contributed by atoms with E-state index in [1.165, 1.54) is 4.53 Å². The molecule has 2 rings (SSSR count). The quantitative estimate of drug-likeness (QED) is 0.348. The van der Waals surface area contributed by atoms with E-state index in [4.69, 9.17) is 11.8 Å². The van der Waals surface area contributed by atoms with Crippen molar-refractivity contribution in [2.24, 2.45) is 0 Å². The molecule has 0 heterocycles. The largest absolute Gasteiger partial charge is 0.132 e. The first-order chi connectivity index (χ1) is 8.75. The second-order valence-electron chi connectivity index (χ2n) is 3.84. The molecule has 0 aliphatic heterocycles. The minimum Gasteiger partial charge on any atom is -0.132 e. The van der Waals surface area contributed by atoms with Crippen LogP contribution in [0.5, 0.6) is 0 Å². The van der Waals surface area contributed by atoms with Crippen LogP contribution in [0.2, 0.25) is 0 Å². The second-order valence-corrected chi connectivity index (χ2v) is 5.10. The van der Waals surface area contributed by atoms with E-state index in [1.54, 1.807) is 0 Å². The summed E-state index contributed by atoms with van der Waals surface area (Å²) in [6.45, 7) is 0.581. The predicted molar refractivity (Wildman–Crippen MR) is 78.1 cm³/mol. The van der Waals surface area contributed by atoms with E-state index in [0.29, 0.717) is 6.54 Å². The maximum absolute atomic E-state index is 6.10. The molecule has 0 spiro atoms. The third-order valence-electron chi connectivity index (χ3n) is 2.46. The number of hydrogen-bond donors (Lipinski definition) is 0. The van der Waals surface area contributed by atoms with E-state index in [2.05, 4.69) is 21.4 Å². The lowest BCUT2D eigenvalue weighted by Gasteiger charge is -2.17. The first kappa shape index (κ1) is 13.6. The van der Waals surface area contributed by atoms with Gasteiger partial charge in [0.25, 0.3) is 0 Å². The van der Waals surface area contributed by atoms with Crippen LogP contribution in [0.25, 0.3) is 0 Å². The summed E-state index contributed by atoms with van der Waals surface area (Å²) in [5.74, 6) is 0. The van der Waals surface area contributed by atoms with Gasteiger partial charge in [0, 0.05) is 0 Å². The van der Waals surface area contributed by atoms with Gasteiger partial charge in [0.1, 0.15) is 4.95 Å². The zero-order chi connectivity index (χ0) is 12.8. The van der Waals surface area contributed by atoms with Crippen LogP contribution >= 0.6 is 27.7 Å². The molecule has 2 aromatic rings. The van der Waals surface area contributed by atoms with Crippen molar-refractivity contribution in [3.63, 3.8) is 0 Å². The molecule has 0 fully saturated rings. The number of nitrogens with zero attached hydrogens (tertiary/aromatic N) is 2. The third-order valence-corrected chi connectivity index (χ3v) is 3.38. The first-order valence-electron chi connectivity index (χ1n) is 5.63. The predicted octanol–water partition coefficient (Wildman–Crippen LogP) is 4.26. The zero-order valence-corrected chi connectivity index (χ0v) is 12.1. The van der Waals surface area contributed by atoms with Crippen molar-refractivity contribution in [3.8, 4) is 0 Å². The smallest absolute Gasteiger partial charge is 0.123 e. The first-order valence-corrected chi connectivity index (χ1v) is 6.88. The van der Waals surface area contributed by atoms with Crippen LogP contribution in [0.3, 0.4) is 0 Å². The Morgan fingerprint density at radius 2 is 1.56 bits per heavy atom. The molecular weight excluding hydrogens is 312 g/mol. The van der Waals surface area contributed by atoms with Crippen LogP contribution < -0.4 is 5.43 Å². The van der Waals surface area contributed by atoms with Crippen LogP contribution in [-0.4, -0.2) is 4.53 Å². The Morgan fingerprint density at radius 1 is 1.00 bits per heavy atom. The van der Waals surface area contributed by atoms with Crippen molar-refractivity contribution in [3.05, 3.63) is 71.8 Å². The summed E-state index contributed by atoms with van der Waals surface area (Å²) in [6.07, 6.45) is 0. The number of halogens is 2. The van der Waals surface area contributed by atoms with Crippen molar-refractivity contribution < 1.29 is 0 Å². The molecule has 0 bridgehead atoms. The van der Waals surface area contributed by atoms with Crippen LogP contribution in [0.15, 0.2) is 60.7 Å². The Kier molecular flexibility index (Phi) is 5.20.